The third kappa shape index (κ3) is 3.21. The third-order valence-electron chi connectivity index (χ3n) is 4.75. The fourth-order valence-corrected chi connectivity index (χ4v) is 3.59. The molecule has 0 amide bonds. The van der Waals surface area contributed by atoms with Crippen LogP contribution in [-0.2, 0) is 0 Å². The van der Waals surface area contributed by atoms with Gasteiger partial charge in [0, 0.05) is 24.6 Å². The second-order valence-electron chi connectivity index (χ2n) is 6.02. The summed E-state index contributed by atoms with van der Waals surface area (Å²) in [6, 6.07) is 0.349. The van der Waals surface area contributed by atoms with Crippen LogP contribution in [0.25, 0.3) is 0 Å². The van der Waals surface area contributed by atoms with Gasteiger partial charge < -0.3 is 10.2 Å². The summed E-state index contributed by atoms with van der Waals surface area (Å²) in [5.74, 6) is 0. The summed E-state index contributed by atoms with van der Waals surface area (Å²) in [4.78, 5) is 2.42. The van der Waals surface area contributed by atoms with Crippen LogP contribution in [0.3, 0.4) is 0 Å². The van der Waals surface area contributed by atoms with E-state index in [0.29, 0.717) is 12.6 Å². The SMILES string of the molecule is OCC1CCCN1CC1(CO)CCCCCC1. The van der Waals surface area contributed by atoms with Crippen molar-refractivity contribution >= 4 is 0 Å². The lowest BCUT2D eigenvalue weighted by Gasteiger charge is -2.37. The lowest BCUT2D eigenvalue weighted by atomic mass is 9.80. The zero-order chi connectivity index (χ0) is 12.1. The van der Waals surface area contributed by atoms with E-state index in [1.165, 1.54) is 32.1 Å². The number of hydrogen-bond acceptors (Lipinski definition) is 3. The van der Waals surface area contributed by atoms with Crippen molar-refractivity contribution in [3.63, 3.8) is 0 Å². The van der Waals surface area contributed by atoms with Crippen molar-refractivity contribution in [3.8, 4) is 0 Å². The fourth-order valence-electron chi connectivity index (χ4n) is 3.59. The van der Waals surface area contributed by atoms with E-state index in [0.717, 1.165) is 32.4 Å². The van der Waals surface area contributed by atoms with Crippen molar-refractivity contribution < 1.29 is 10.2 Å². The van der Waals surface area contributed by atoms with Gasteiger partial charge in [-0.3, -0.25) is 4.90 Å². The molecule has 1 saturated carbocycles. The Hall–Kier alpha value is -0.120. The second-order valence-corrected chi connectivity index (χ2v) is 6.02. The Labute approximate surface area is 105 Å². The number of likely N-dealkylation sites (tertiary alicyclic amines) is 1. The van der Waals surface area contributed by atoms with Crippen molar-refractivity contribution in [2.45, 2.75) is 57.4 Å². The highest BCUT2D eigenvalue weighted by Gasteiger charge is 2.35. The van der Waals surface area contributed by atoms with Crippen LogP contribution in [0.4, 0.5) is 0 Å². The van der Waals surface area contributed by atoms with Gasteiger partial charge >= 0.3 is 0 Å². The highest BCUT2D eigenvalue weighted by Crippen LogP contribution is 2.37. The van der Waals surface area contributed by atoms with Crippen LogP contribution in [0.5, 0.6) is 0 Å². The molecule has 2 rings (SSSR count). The monoisotopic (exact) mass is 241 g/mol. The van der Waals surface area contributed by atoms with Gasteiger partial charge in [-0.25, -0.2) is 0 Å². The van der Waals surface area contributed by atoms with E-state index < -0.39 is 0 Å². The van der Waals surface area contributed by atoms with Crippen LogP contribution in [0, 0.1) is 5.41 Å². The summed E-state index contributed by atoms with van der Waals surface area (Å²) < 4.78 is 0. The number of aliphatic hydroxyl groups is 2. The summed E-state index contributed by atoms with van der Waals surface area (Å²) in [5, 5.41) is 19.2. The Bertz CT molecular complexity index is 224. The van der Waals surface area contributed by atoms with Gasteiger partial charge in [0.25, 0.3) is 0 Å². The van der Waals surface area contributed by atoms with Crippen molar-refractivity contribution in [3.05, 3.63) is 0 Å². The molecule has 1 atom stereocenters. The van der Waals surface area contributed by atoms with Gasteiger partial charge in [0.1, 0.15) is 0 Å². The predicted octanol–water partition coefficient (Wildman–Crippen LogP) is 1.78. The van der Waals surface area contributed by atoms with Gasteiger partial charge in [0.15, 0.2) is 0 Å². The van der Waals surface area contributed by atoms with Crippen LogP contribution in [0.15, 0.2) is 0 Å². The van der Waals surface area contributed by atoms with Crippen LogP contribution < -0.4 is 0 Å². The number of aliphatic hydroxyl groups excluding tert-OH is 2. The highest BCUT2D eigenvalue weighted by atomic mass is 16.3. The average molecular weight is 241 g/mol. The lowest BCUT2D eigenvalue weighted by molar-refractivity contribution is 0.0431. The van der Waals surface area contributed by atoms with E-state index in [2.05, 4.69) is 4.90 Å². The van der Waals surface area contributed by atoms with Crippen molar-refractivity contribution in [2.24, 2.45) is 5.41 Å². The minimum absolute atomic E-state index is 0.119. The molecule has 0 aromatic heterocycles. The summed E-state index contributed by atoms with van der Waals surface area (Å²) >= 11 is 0. The van der Waals surface area contributed by atoms with Gasteiger partial charge in [-0.1, -0.05) is 25.7 Å². The average Bonchev–Trinajstić information content (AvgIpc) is 2.66. The zero-order valence-corrected chi connectivity index (χ0v) is 10.9. The first kappa shape index (κ1) is 13.3. The minimum Gasteiger partial charge on any atom is -0.396 e. The van der Waals surface area contributed by atoms with Gasteiger partial charge in [-0.15, -0.1) is 0 Å². The van der Waals surface area contributed by atoms with Gasteiger partial charge in [-0.05, 0) is 32.2 Å². The molecular weight excluding hydrogens is 214 g/mol. The van der Waals surface area contributed by atoms with Crippen molar-refractivity contribution in [2.75, 3.05) is 26.3 Å². The third-order valence-corrected chi connectivity index (χ3v) is 4.75. The maximum Gasteiger partial charge on any atom is 0.0586 e. The molecular formula is C14H27NO2. The van der Waals surface area contributed by atoms with Crippen LogP contribution in [0.2, 0.25) is 0 Å². The Balaban J connectivity index is 1.97. The molecule has 17 heavy (non-hydrogen) atoms. The normalized spacial score (nSPS) is 30.4. The zero-order valence-electron chi connectivity index (χ0n) is 10.9. The van der Waals surface area contributed by atoms with E-state index >= 15 is 0 Å². The molecule has 0 aromatic carbocycles. The van der Waals surface area contributed by atoms with Gasteiger partial charge in [-0.2, -0.15) is 0 Å². The highest BCUT2D eigenvalue weighted by molar-refractivity contribution is 4.88. The van der Waals surface area contributed by atoms with Gasteiger partial charge in [0.2, 0.25) is 0 Å². The predicted molar refractivity (Wildman–Crippen MR) is 68.9 cm³/mol. The molecule has 0 bridgehead atoms. The maximum atomic E-state index is 9.80. The lowest BCUT2D eigenvalue weighted by Crippen LogP contribution is -2.43. The Kier molecular flexibility index (Phi) is 4.83. The van der Waals surface area contributed by atoms with Crippen molar-refractivity contribution in [1.82, 2.24) is 4.90 Å². The van der Waals surface area contributed by atoms with Crippen LogP contribution in [0.1, 0.15) is 51.4 Å². The summed E-state index contributed by atoms with van der Waals surface area (Å²) in [6.45, 7) is 2.70. The van der Waals surface area contributed by atoms with E-state index in [4.69, 9.17) is 0 Å². The molecule has 1 aliphatic heterocycles. The Morgan fingerprint density at radius 3 is 2.29 bits per heavy atom. The second kappa shape index (κ2) is 6.17. The van der Waals surface area contributed by atoms with Crippen molar-refractivity contribution in [1.29, 1.82) is 0 Å². The molecule has 0 spiro atoms. The summed E-state index contributed by atoms with van der Waals surface area (Å²) in [6.07, 6.45) is 9.83. The molecule has 100 valence electrons. The molecule has 0 radical (unpaired) electrons. The first-order valence-corrected chi connectivity index (χ1v) is 7.25. The Morgan fingerprint density at radius 2 is 1.71 bits per heavy atom. The van der Waals surface area contributed by atoms with Gasteiger partial charge in [0.05, 0.1) is 6.61 Å². The molecule has 3 nitrogen and oxygen atoms in total. The number of hydrogen-bond donors (Lipinski definition) is 2. The number of nitrogens with zero attached hydrogens (tertiary/aromatic N) is 1. The largest absolute Gasteiger partial charge is 0.396 e. The molecule has 2 fully saturated rings. The van der Waals surface area contributed by atoms with E-state index in [1.807, 2.05) is 0 Å². The van der Waals surface area contributed by atoms with E-state index in [-0.39, 0.29) is 12.0 Å². The molecule has 1 saturated heterocycles. The van der Waals surface area contributed by atoms with Crippen LogP contribution >= 0.6 is 0 Å². The first-order valence-electron chi connectivity index (χ1n) is 7.25. The topological polar surface area (TPSA) is 43.7 Å². The molecule has 2 aliphatic rings. The molecule has 2 N–H and O–H groups in total. The fraction of sp³-hybridized carbons (Fsp3) is 1.00. The smallest absolute Gasteiger partial charge is 0.0586 e. The maximum absolute atomic E-state index is 9.80. The van der Waals surface area contributed by atoms with E-state index in [1.54, 1.807) is 0 Å². The molecule has 0 aromatic rings. The Morgan fingerprint density at radius 1 is 1.00 bits per heavy atom. The molecule has 3 heteroatoms. The standard InChI is InChI=1S/C14H27NO2/c16-10-13-6-5-9-15(13)11-14(12-17)7-3-1-2-4-8-14/h13,16-17H,1-12H2. The molecule has 1 heterocycles. The first-order chi connectivity index (χ1) is 8.29. The summed E-state index contributed by atoms with van der Waals surface area (Å²) in [7, 11) is 0. The van der Waals surface area contributed by atoms with E-state index in [9.17, 15) is 10.2 Å². The number of rotatable bonds is 4. The summed E-state index contributed by atoms with van der Waals surface area (Å²) in [5.41, 5.74) is 0.119. The molecule has 1 aliphatic carbocycles. The minimum atomic E-state index is 0.119. The van der Waals surface area contributed by atoms with Crippen LogP contribution in [-0.4, -0.2) is 47.5 Å². The molecule has 1 unspecified atom stereocenters. The quantitative estimate of drug-likeness (QED) is 0.737.